The monoisotopic (exact) mass is 395 g/mol. The minimum Gasteiger partial charge on any atom is -0.396 e. The number of rotatable bonds is 6. The van der Waals surface area contributed by atoms with Crippen molar-refractivity contribution < 1.29 is 9.90 Å². The zero-order valence-electron chi connectivity index (χ0n) is 16.6. The Hall–Kier alpha value is -2.57. The van der Waals surface area contributed by atoms with Crippen LogP contribution in [0.5, 0.6) is 0 Å². The van der Waals surface area contributed by atoms with Gasteiger partial charge in [-0.1, -0.05) is 26.8 Å². The number of pyridine rings is 1. The molecule has 3 N–H and O–H groups in total. The first-order chi connectivity index (χ1) is 13.3. The van der Waals surface area contributed by atoms with E-state index in [1.165, 1.54) is 11.3 Å². The lowest BCUT2D eigenvalue weighted by atomic mass is 9.86. The summed E-state index contributed by atoms with van der Waals surface area (Å²) in [5.74, 6) is -0.516. The lowest BCUT2D eigenvalue weighted by molar-refractivity contribution is 0.0998. The van der Waals surface area contributed by atoms with E-state index < -0.39 is 5.91 Å². The van der Waals surface area contributed by atoms with Crippen LogP contribution in [0.25, 0.3) is 21.7 Å². The van der Waals surface area contributed by atoms with Gasteiger partial charge in [-0.05, 0) is 47.7 Å². The number of carbonyl (C=O) groups excluding carboxylic acids is 1. The first kappa shape index (κ1) is 20.2. The van der Waals surface area contributed by atoms with Gasteiger partial charge in [-0.3, -0.25) is 9.78 Å². The second kappa shape index (κ2) is 8.20. The largest absolute Gasteiger partial charge is 0.396 e. The smallest absolute Gasteiger partial charge is 0.249 e. The highest BCUT2D eigenvalue weighted by molar-refractivity contribution is 7.13. The normalized spacial score (nSPS) is 12.4. The quantitative estimate of drug-likeness (QED) is 0.643. The van der Waals surface area contributed by atoms with E-state index in [0.717, 1.165) is 38.5 Å². The van der Waals surface area contributed by atoms with E-state index in [4.69, 9.17) is 5.73 Å². The number of aliphatic hydroxyl groups is 1. The minimum absolute atomic E-state index is 0.0782. The second-order valence-electron chi connectivity index (χ2n) is 7.38. The summed E-state index contributed by atoms with van der Waals surface area (Å²) < 4.78 is 0. The molecular weight excluding hydrogens is 370 g/mol. The van der Waals surface area contributed by atoms with Crippen LogP contribution in [0.2, 0.25) is 0 Å². The fourth-order valence-electron chi connectivity index (χ4n) is 3.32. The highest BCUT2D eigenvalue weighted by Crippen LogP contribution is 2.40. The Morgan fingerprint density at radius 2 is 1.96 bits per heavy atom. The number of aryl methyl sites for hydroxylation is 1. The molecule has 2 aromatic heterocycles. The van der Waals surface area contributed by atoms with E-state index in [0.29, 0.717) is 5.56 Å². The fourth-order valence-corrected chi connectivity index (χ4v) is 4.30. The van der Waals surface area contributed by atoms with Gasteiger partial charge >= 0.3 is 0 Å². The number of aliphatic hydroxyl groups excluding tert-OH is 1. The van der Waals surface area contributed by atoms with Gasteiger partial charge < -0.3 is 10.8 Å². The minimum atomic E-state index is -0.513. The molecule has 0 fully saturated rings. The van der Waals surface area contributed by atoms with Crippen molar-refractivity contribution >= 4 is 17.2 Å². The predicted molar refractivity (Wildman–Crippen MR) is 114 cm³/mol. The van der Waals surface area contributed by atoms with Crippen LogP contribution < -0.4 is 5.73 Å². The van der Waals surface area contributed by atoms with E-state index >= 15 is 0 Å². The van der Waals surface area contributed by atoms with Crippen LogP contribution in [0.3, 0.4) is 0 Å². The van der Waals surface area contributed by atoms with E-state index in [2.05, 4.69) is 23.8 Å². The van der Waals surface area contributed by atoms with Crippen molar-refractivity contribution in [1.29, 1.82) is 0 Å². The number of nitrogens with zero attached hydrogens (tertiary/aromatic N) is 2. The number of aromatic nitrogens is 2. The number of carbonyl (C=O) groups is 1. The van der Waals surface area contributed by atoms with E-state index in [-0.39, 0.29) is 18.4 Å². The first-order valence-electron chi connectivity index (χ1n) is 9.28. The summed E-state index contributed by atoms with van der Waals surface area (Å²) in [6.45, 7) is 7.98. The average Bonchev–Trinajstić information content (AvgIpc) is 3.17. The number of primary amides is 1. The van der Waals surface area contributed by atoms with Gasteiger partial charge in [0.05, 0.1) is 21.8 Å². The zero-order valence-corrected chi connectivity index (χ0v) is 17.4. The molecule has 3 rings (SSSR count). The molecule has 6 heteroatoms. The maximum absolute atomic E-state index is 12.3. The number of nitrogens with two attached hydrogens (primary N) is 1. The lowest BCUT2D eigenvalue weighted by Gasteiger charge is -2.20. The topological polar surface area (TPSA) is 89.1 Å². The Labute approximate surface area is 169 Å². The lowest BCUT2D eigenvalue weighted by Crippen LogP contribution is -2.17. The van der Waals surface area contributed by atoms with Gasteiger partial charge in [0.25, 0.3) is 0 Å². The summed E-state index contributed by atoms with van der Waals surface area (Å²) in [6.07, 6.45) is 1.80. The highest BCUT2D eigenvalue weighted by atomic mass is 32.1. The van der Waals surface area contributed by atoms with Crippen LogP contribution in [0.1, 0.15) is 59.8 Å². The molecule has 0 saturated heterocycles. The van der Waals surface area contributed by atoms with Crippen molar-refractivity contribution in [2.24, 2.45) is 5.73 Å². The van der Waals surface area contributed by atoms with E-state index in [9.17, 15) is 9.90 Å². The molecule has 0 unspecified atom stereocenters. The van der Waals surface area contributed by atoms with E-state index in [1.54, 1.807) is 12.3 Å². The fraction of sp³-hybridized carbons (Fsp3) is 0.318. The Bertz CT molecular complexity index is 994. The molecular formula is C22H25N3O2S. The molecule has 0 aliphatic rings. The van der Waals surface area contributed by atoms with Gasteiger partial charge in [0, 0.05) is 29.8 Å². The molecule has 0 spiro atoms. The van der Waals surface area contributed by atoms with Crippen LogP contribution in [0.15, 0.2) is 36.0 Å². The van der Waals surface area contributed by atoms with Crippen molar-refractivity contribution in [3.05, 3.63) is 58.4 Å². The molecule has 2 heterocycles. The predicted octanol–water partition coefficient (Wildman–Crippen LogP) is 4.50. The second-order valence-corrected chi connectivity index (χ2v) is 8.23. The zero-order chi connectivity index (χ0) is 20.4. The number of benzene rings is 1. The highest BCUT2D eigenvalue weighted by Gasteiger charge is 2.24. The van der Waals surface area contributed by atoms with Crippen LogP contribution in [-0.2, 0) is 0 Å². The molecule has 1 atom stereocenters. The molecule has 146 valence electrons. The molecule has 3 aromatic rings. The van der Waals surface area contributed by atoms with Crippen molar-refractivity contribution in [3.63, 3.8) is 0 Å². The average molecular weight is 396 g/mol. The number of amides is 1. The molecule has 0 aliphatic carbocycles. The molecule has 5 nitrogen and oxygen atoms in total. The summed E-state index contributed by atoms with van der Waals surface area (Å²) in [6, 6.07) is 7.74. The summed E-state index contributed by atoms with van der Waals surface area (Å²) in [5, 5.41) is 9.84. The first-order valence-corrected chi connectivity index (χ1v) is 10.2. The van der Waals surface area contributed by atoms with Gasteiger partial charge in [-0.25, -0.2) is 4.98 Å². The molecule has 0 bridgehead atoms. The summed E-state index contributed by atoms with van der Waals surface area (Å²) in [5.41, 5.74) is 13.3. The van der Waals surface area contributed by atoms with Crippen molar-refractivity contribution in [2.75, 3.05) is 6.61 Å². The third-order valence-electron chi connectivity index (χ3n) is 4.81. The number of hydrogen-bond donors (Lipinski definition) is 2. The Morgan fingerprint density at radius 1 is 1.21 bits per heavy atom. The van der Waals surface area contributed by atoms with Gasteiger partial charge in [-0.2, -0.15) is 0 Å². The Balaban J connectivity index is 2.34. The van der Waals surface area contributed by atoms with Crippen LogP contribution in [0, 0.1) is 6.92 Å². The number of thiazole rings is 1. The van der Waals surface area contributed by atoms with Crippen LogP contribution >= 0.6 is 11.3 Å². The summed E-state index contributed by atoms with van der Waals surface area (Å²) in [7, 11) is 0. The molecule has 0 aliphatic heterocycles. The molecule has 0 saturated carbocycles. The third-order valence-corrected chi connectivity index (χ3v) is 5.68. The van der Waals surface area contributed by atoms with Gasteiger partial charge in [0.2, 0.25) is 5.91 Å². The molecule has 1 amide bonds. The maximum atomic E-state index is 12.3. The van der Waals surface area contributed by atoms with Crippen molar-refractivity contribution in [3.8, 4) is 21.7 Å². The summed E-state index contributed by atoms with van der Waals surface area (Å²) >= 11 is 1.53. The van der Waals surface area contributed by atoms with Gasteiger partial charge in [-0.15, -0.1) is 11.3 Å². The third kappa shape index (κ3) is 3.84. The molecule has 28 heavy (non-hydrogen) atoms. The molecule has 0 radical (unpaired) electrons. The van der Waals surface area contributed by atoms with Gasteiger partial charge in [0.15, 0.2) is 0 Å². The van der Waals surface area contributed by atoms with Crippen molar-refractivity contribution in [1.82, 2.24) is 9.97 Å². The number of hydrogen-bond acceptors (Lipinski definition) is 5. The SMILES string of the molecule is Cc1ccc(-c2cc(C(N)=O)c([C@H](C)CO)c(-c3scnc3C(C)C)c2)nc1. The van der Waals surface area contributed by atoms with Crippen molar-refractivity contribution in [2.45, 2.75) is 39.5 Å². The van der Waals surface area contributed by atoms with Crippen LogP contribution in [0.4, 0.5) is 0 Å². The van der Waals surface area contributed by atoms with Crippen LogP contribution in [-0.4, -0.2) is 27.6 Å². The van der Waals surface area contributed by atoms with E-state index in [1.807, 2.05) is 37.6 Å². The molecule has 1 aromatic carbocycles. The Morgan fingerprint density at radius 3 is 2.54 bits per heavy atom. The Kier molecular flexibility index (Phi) is 5.91. The maximum Gasteiger partial charge on any atom is 0.249 e. The van der Waals surface area contributed by atoms with Gasteiger partial charge in [0.1, 0.15) is 0 Å². The standard InChI is InChI=1S/C22H25N3O2S/c1-12(2)20-21(28-11-25-20)16-7-15(18-6-5-13(3)9-24-18)8-17(22(23)27)19(16)14(4)10-26/h5-9,11-12,14,26H,10H2,1-4H3,(H2,23,27)/t14-/m1/s1. The summed E-state index contributed by atoms with van der Waals surface area (Å²) in [4.78, 5) is 22.4.